The van der Waals surface area contributed by atoms with Gasteiger partial charge in [0, 0.05) is 4.90 Å². The monoisotopic (exact) mass is 328 g/mol. The molecule has 23 heavy (non-hydrogen) atoms. The molecule has 2 aromatic rings. The summed E-state index contributed by atoms with van der Waals surface area (Å²) in [5.41, 5.74) is 2.06. The lowest BCUT2D eigenvalue weighted by Gasteiger charge is -2.24. The summed E-state index contributed by atoms with van der Waals surface area (Å²) < 4.78 is 0. The topological polar surface area (TPSA) is 32.3 Å². The first-order valence-corrected chi connectivity index (χ1v) is 8.83. The van der Waals surface area contributed by atoms with E-state index in [1.807, 2.05) is 61.5 Å². The molecule has 2 aromatic carbocycles. The van der Waals surface area contributed by atoms with Crippen LogP contribution >= 0.6 is 11.8 Å². The molecule has 0 saturated carbocycles. The highest BCUT2D eigenvalue weighted by atomic mass is 32.2. The zero-order chi connectivity index (χ0) is 16.7. The maximum absolute atomic E-state index is 12.8. The minimum atomic E-state index is -0.197. The van der Waals surface area contributed by atoms with Crippen molar-refractivity contribution in [3.8, 4) is 0 Å². The molecule has 0 aliphatic rings. The van der Waals surface area contributed by atoms with E-state index in [9.17, 15) is 4.79 Å². The molecule has 0 unspecified atom stereocenters. The first-order chi connectivity index (χ1) is 11.1. The number of nitrogens with zero attached hydrogens (tertiary/aromatic N) is 1. The molecule has 1 N–H and O–H groups in total. The first-order valence-electron chi connectivity index (χ1n) is 7.85. The molecule has 0 radical (unpaired) electrons. The maximum Gasteiger partial charge on any atom is 0.242 e. The number of hydrogen-bond donors (Lipinski definition) is 1. The van der Waals surface area contributed by atoms with Crippen LogP contribution in [0.3, 0.4) is 0 Å². The molecular weight excluding hydrogens is 304 g/mol. The second-order valence-corrected chi connectivity index (χ2v) is 6.89. The van der Waals surface area contributed by atoms with Gasteiger partial charge in [0.2, 0.25) is 5.91 Å². The Labute approximate surface area is 143 Å². The molecule has 1 atom stereocenters. The van der Waals surface area contributed by atoms with E-state index in [0.717, 1.165) is 21.9 Å². The van der Waals surface area contributed by atoms with E-state index in [4.69, 9.17) is 0 Å². The van der Waals surface area contributed by atoms with Crippen molar-refractivity contribution in [1.82, 2.24) is 4.90 Å². The molecule has 0 aliphatic carbocycles. The molecule has 2 rings (SSSR count). The molecule has 0 fully saturated rings. The number of thioether (sulfide) groups is 1. The van der Waals surface area contributed by atoms with Crippen molar-refractivity contribution < 1.29 is 4.79 Å². The third-order valence-electron chi connectivity index (χ3n) is 3.64. The average molecular weight is 328 g/mol. The van der Waals surface area contributed by atoms with Crippen molar-refractivity contribution in [3.63, 3.8) is 0 Å². The molecule has 0 heterocycles. The van der Waals surface area contributed by atoms with E-state index < -0.39 is 0 Å². The number of rotatable bonds is 7. The van der Waals surface area contributed by atoms with Crippen LogP contribution in [-0.4, -0.2) is 36.7 Å². The van der Waals surface area contributed by atoms with Crippen LogP contribution in [0.2, 0.25) is 0 Å². The standard InChI is InChI=1S/C19H24N2OS/c1-4-23-18-13-9-8-12-16(18)20-19(22)17(21(2)3)14-15-10-6-5-7-11-15/h5-13,17H,4,14H2,1-3H3,(H,20,22)/t17-/m0/s1. The summed E-state index contributed by atoms with van der Waals surface area (Å²) in [4.78, 5) is 15.8. The number of anilines is 1. The Hall–Kier alpha value is -1.78. The lowest BCUT2D eigenvalue weighted by molar-refractivity contribution is -0.120. The van der Waals surface area contributed by atoms with E-state index in [2.05, 4.69) is 24.4 Å². The van der Waals surface area contributed by atoms with E-state index >= 15 is 0 Å². The number of nitrogens with one attached hydrogen (secondary N) is 1. The second-order valence-electron chi connectivity index (χ2n) is 5.59. The molecule has 0 spiro atoms. The van der Waals surface area contributed by atoms with Crippen LogP contribution in [0.4, 0.5) is 5.69 Å². The van der Waals surface area contributed by atoms with Crippen molar-refractivity contribution in [3.05, 3.63) is 60.2 Å². The number of carbonyl (C=O) groups excluding carboxylic acids is 1. The van der Waals surface area contributed by atoms with Gasteiger partial charge >= 0.3 is 0 Å². The zero-order valence-electron chi connectivity index (χ0n) is 14.0. The van der Waals surface area contributed by atoms with Gasteiger partial charge in [-0.05, 0) is 44.0 Å². The lowest BCUT2D eigenvalue weighted by Crippen LogP contribution is -2.41. The number of amides is 1. The normalized spacial score (nSPS) is 12.2. The largest absolute Gasteiger partial charge is 0.324 e. The number of likely N-dealkylation sites (N-methyl/N-ethyl adjacent to an activating group) is 1. The van der Waals surface area contributed by atoms with Crippen molar-refractivity contribution >= 4 is 23.4 Å². The molecular formula is C19H24N2OS. The molecule has 1 amide bonds. The van der Waals surface area contributed by atoms with Crippen molar-refractivity contribution in [2.75, 3.05) is 25.2 Å². The van der Waals surface area contributed by atoms with Crippen LogP contribution in [0.25, 0.3) is 0 Å². The minimum Gasteiger partial charge on any atom is -0.324 e. The zero-order valence-corrected chi connectivity index (χ0v) is 14.8. The van der Waals surface area contributed by atoms with Gasteiger partial charge in [-0.2, -0.15) is 0 Å². The van der Waals surface area contributed by atoms with Crippen LogP contribution in [0.5, 0.6) is 0 Å². The summed E-state index contributed by atoms with van der Waals surface area (Å²) >= 11 is 1.74. The van der Waals surface area contributed by atoms with Crippen LogP contribution in [0.1, 0.15) is 12.5 Å². The quantitative estimate of drug-likeness (QED) is 0.782. The van der Waals surface area contributed by atoms with Gasteiger partial charge in [0.1, 0.15) is 0 Å². The molecule has 3 nitrogen and oxygen atoms in total. The lowest BCUT2D eigenvalue weighted by atomic mass is 10.0. The predicted octanol–water partition coefficient (Wildman–Crippen LogP) is 3.91. The third kappa shape index (κ3) is 5.12. The number of carbonyl (C=O) groups is 1. The SMILES string of the molecule is CCSc1ccccc1NC(=O)[C@H](Cc1ccccc1)N(C)C. The van der Waals surface area contributed by atoms with Crippen molar-refractivity contribution in [1.29, 1.82) is 0 Å². The van der Waals surface area contributed by atoms with Crippen molar-refractivity contribution in [2.45, 2.75) is 24.3 Å². The van der Waals surface area contributed by atoms with Gasteiger partial charge in [0.05, 0.1) is 11.7 Å². The van der Waals surface area contributed by atoms with Crippen LogP contribution in [-0.2, 0) is 11.2 Å². The van der Waals surface area contributed by atoms with Crippen LogP contribution in [0.15, 0.2) is 59.5 Å². The van der Waals surface area contributed by atoms with Crippen LogP contribution in [0, 0.1) is 0 Å². The summed E-state index contributed by atoms with van der Waals surface area (Å²) in [6, 6.07) is 17.9. The summed E-state index contributed by atoms with van der Waals surface area (Å²) in [5, 5.41) is 3.10. The van der Waals surface area contributed by atoms with E-state index in [1.165, 1.54) is 0 Å². The van der Waals surface area contributed by atoms with Gasteiger partial charge in [-0.15, -0.1) is 11.8 Å². The summed E-state index contributed by atoms with van der Waals surface area (Å²) in [6.07, 6.45) is 0.697. The first kappa shape index (κ1) is 17.6. The molecule has 0 bridgehead atoms. The second kappa shape index (κ2) is 8.75. The Balaban J connectivity index is 2.13. The summed E-state index contributed by atoms with van der Waals surface area (Å²) in [5.74, 6) is 1.01. The Morgan fingerprint density at radius 2 is 1.74 bits per heavy atom. The third-order valence-corrected chi connectivity index (χ3v) is 4.60. The van der Waals surface area contributed by atoms with Gasteiger partial charge in [-0.1, -0.05) is 49.4 Å². The smallest absolute Gasteiger partial charge is 0.242 e. The van der Waals surface area contributed by atoms with E-state index in [1.54, 1.807) is 11.8 Å². The number of hydrogen-bond acceptors (Lipinski definition) is 3. The molecule has 4 heteroatoms. The number of para-hydroxylation sites is 1. The Morgan fingerprint density at radius 1 is 1.09 bits per heavy atom. The number of benzene rings is 2. The fourth-order valence-corrected chi connectivity index (χ4v) is 3.17. The highest BCUT2D eigenvalue weighted by molar-refractivity contribution is 7.99. The molecule has 0 aliphatic heterocycles. The van der Waals surface area contributed by atoms with E-state index in [0.29, 0.717) is 6.42 Å². The van der Waals surface area contributed by atoms with Gasteiger partial charge in [-0.25, -0.2) is 0 Å². The molecule has 122 valence electrons. The van der Waals surface area contributed by atoms with E-state index in [-0.39, 0.29) is 11.9 Å². The van der Waals surface area contributed by atoms with Crippen LogP contribution < -0.4 is 5.32 Å². The van der Waals surface area contributed by atoms with Gasteiger partial charge in [0.15, 0.2) is 0 Å². The Morgan fingerprint density at radius 3 is 2.39 bits per heavy atom. The summed E-state index contributed by atoms with van der Waals surface area (Å²) in [6.45, 7) is 2.11. The highest BCUT2D eigenvalue weighted by Crippen LogP contribution is 2.27. The molecule has 0 aromatic heterocycles. The fourth-order valence-electron chi connectivity index (χ4n) is 2.41. The Bertz CT molecular complexity index is 628. The fraction of sp³-hybridized carbons (Fsp3) is 0.316. The van der Waals surface area contributed by atoms with Gasteiger partial charge in [0.25, 0.3) is 0 Å². The Kier molecular flexibility index (Phi) is 6.68. The van der Waals surface area contributed by atoms with Gasteiger partial charge < -0.3 is 5.32 Å². The average Bonchev–Trinajstić information content (AvgIpc) is 2.55. The summed E-state index contributed by atoms with van der Waals surface area (Å²) in [7, 11) is 3.89. The maximum atomic E-state index is 12.8. The highest BCUT2D eigenvalue weighted by Gasteiger charge is 2.22. The van der Waals surface area contributed by atoms with Gasteiger partial charge in [-0.3, -0.25) is 9.69 Å². The minimum absolute atomic E-state index is 0.0306. The van der Waals surface area contributed by atoms with Crippen molar-refractivity contribution in [2.24, 2.45) is 0 Å². The predicted molar refractivity (Wildman–Crippen MR) is 99.1 cm³/mol. The molecule has 0 saturated heterocycles.